The Bertz CT molecular complexity index is 389. The summed E-state index contributed by atoms with van der Waals surface area (Å²) in [7, 11) is 0. The molecule has 0 radical (unpaired) electrons. The van der Waals surface area contributed by atoms with Crippen LogP contribution in [0.3, 0.4) is 0 Å². The predicted octanol–water partition coefficient (Wildman–Crippen LogP) is 3.79. The van der Waals surface area contributed by atoms with E-state index in [4.69, 9.17) is 9.47 Å². The maximum absolute atomic E-state index is 5.71. The normalized spacial score (nSPS) is 10.2. The number of hydrogen-bond acceptors (Lipinski definition) is 3. The maximum Gasteiger partial charge on any atom is 0.290 e. The molecule has 0 N–H and O–H groups in total. The summed E-state index contributed by atoms with van der Waals surface area (Å²) in [6.45, 7) is 0. The third kappa shape index (κ3) is 3.71. The second-order valence-electron chi connectivity index (χ2n) is 3.39. The molecule has 0 heterocycles. The van der Waals surface area contributed by atoms with Gasteiger partial charge in [0.05, 0.1) is 0 Å². The van der Waals surface area contributed by atoms with E-state index in [-0.39, 0.29) is 5.62 Å². The lowest BCUT2D eigenvalue weighted by molar-refractivity contribution is 0.0848. The molecule has 2 aromatic carbocycles. The summed E-state index contributed by atoms with van der Waals surface area (Å²) in [5.41, 5.74) is -0.334. The van der Waals surface area contributed by atoms with Gasteiger partial charge in [-0.1, -0.05) is 48.2 Å². The van der Waals surface area contributed by atoms with Gasteiger partial charge in [0.1, 0.15) is 11.5 Å². The van der Waals surface area contributed by atoms with E-state index in [1.165, 1.54) is 11.8 Å². The van der Waals surface area contributed by atoms with Gasteiger partial charge in [-0.2, -0.15) is 0 Å². The molecule has 0 aliphatic carbocycles. The summed E-state index contributed by atoms with van der Waals surface area (Å²) in [4.78, 5) is 0. The van der Waals surface area contributed by atoms with Gasteiger partial charge >= 0.3 is 0 Å². The summed E-state index contributed by atoms with van der Waals surface area (Å²) in [6, 6.07) is 19.3. The van der Waals surface area contributed by atoms with Crippen molar-refractivity contribution in [2.75, 3.05) is 6.26 Å². The van der Waals surface area contributed by atoms with E-state index in [0.717, 1.165) is 11.5 Å². The molecule has 0 aromatic heterocycles. The summed E-state index contributed by atoms with van der Waals surface area (Å²) in [6.07, 6.45) is 1.95. The number of para-hydroxylation sites is 2. The second kappa shape index (κ2) is 6.21. The molecular formula is C14H14O2S. The third-order valence-corrected chi connectivity index (χ3v) is 2.72. The van der Waals surface area contributed by atoms with Crippen LogP contribution in [0.5, 0.6) is 11.5 Å². The fraction of sp³-hybridized carbons (Fsp3) is 0.143. The lowest BCUT2D eigenvalue weighted by Crippen LogP contribution is -2.19. The number of hydrogen-bond donors (Lipinski definition) is 0. The minimum atomic E-state index is -0.334. The van der Waals surface area contributed by atoms with Gasteiger partial charge in [-0.05, 0) is 30.5 Å². The van der Waals surface area contributed by atoms with Gasteiger partial charge in [-0.15, -0.1) is 0 Å². The summed E-state index contributed by atoms with van der Waals surface area (Å²) in [5.74, 6) is 1.62. The standard InChI is InChI=1S/C14H14O2S/c1-17-14(15-12-8-4-2-5-9-12)16-13-10-6-3-7-11-13/h2-11,14H,1H3. The zero-order valence-electron chi connectivity index (χ0n) is 9.58. The Labute approximate surface area is 106 Å². The smallest absolute Gasteiger partial charge is 0.290 e. The largest absolute Gasteiger partial charge is 0.446 e. The fourth-order valence-corrected chi connectivity index (χ4v) is 1.76. The molecular weight excluding hydrogens is 232 g/mol. The van der Waals surface area contributed by atoms with Crippen LogP contribution in [0.4, 0.5) is 0 Å². The molecule has 3 heteroatoms. The summed E-state index contributed by atoms with van der Waals surface area (Å²) in [5, 5.41) is 0. The van der Waals surface area contributed by atoms with Crippen molar-refractivity contribution in [2.45, 2.75) is 5.62 Å². The minimum Gasteiger partial charge on any atom is -0.446 e. The molecule has 2 aromatic rings. The Balaban J connectivity index is 1.98. The zero-order chi connectivity index (χ0) is 11.9. The molecule has 0 unspecified atom stereocenters. The molecule has 0 saturated heterocycles. The van der Waals surface area contributed by atoms with Crippen LogP contribution in [0.2, 0.25) is 0 Å². The highest BCUT2D eigenvalue weighted by atomic mass is 32.2. The molecule has 0 amide bonds. The third-order valence-electron chi connectivity index (χ3n) is 2.14. The molecule has 2 rings (SSSR count). The SMILES string of the molecule is CSC(Oc1ccccc1)Oc1ccccc1. The highest BCUT2D eigenvalue weighted by Gasteiger charge is 2.09. The molecule has 0 spiro atoms. The van der Waals surface area contributed by atoms with Crippen molar-refractivity contribution in [3.05, 3.63) is 60.7 Å². The first-order valence-electron chi connectivity index (χ1n) is 5.34. The molecule has 0 aliphatic heterocycles. The van der Waals surface area contributed by atoms with Gasteiger partial charge < -0.3 is 9.47 Å². The lowest BCUT2D eigenvalue weighted by atomic mass is 10.3. The van der Waals surface area contributed by atoms with Crippen LogP contribution < -0.4 is 9.47 Å². The van der Waals surface area contributed by atoms with Gasteiger partial charge in [0.15, 0.2) is 0 Å². The Morgan fingerprint density at radius 3 is 1.53 bits per heavy atom. The quantitative estimate of drug-likeness (QED) is 0.748. The highest BCUT2D eigenvalue weighted by Crippen LogP contribution is 2.20. The molecule has 0 saturated carbocycles. The second-order valence-corrected chi connectivity index (χ2v) is 4.24. The van der Waals surface area contributed by atoms with E-state index in [1.807, 2.05) is 66.9 Å². The van der Waals surface area contributed by atoms with E-state index in [2.05, 4.69) is 0 Å². The van der Waals surface area contributed by atoms with Gasteiger partial charge in [0.2, 0.25) is 0 Å². The highest BCUT2D eigenvalue weighted by molar-refractivity contribution is 7.98. The van der Waals surface area contributed by atoms with Crippen LogP contribution in [0.15, 0.2) is 60.7 Å². The van der Waals surface area contributed by atoms with Gasteiger partial charge in [0, 0.05) is 0 Å². The Hall–Kier alpha value is -1.61. The van der Waals surface area contributed by atoms with Gasteiger partial charge in [0.25, 0.3) is 5.62 Å². The molecule has 88 valence electrons. The average molecular weight is 246 g/mol. The number of ether oxygens (including phenoxy) is 2. The first kappa shape index (κ1) is 11.9. The Morgan fingerprint density at radius 1 is 0.765 bits per heavy atom. The van der Waals surface area contributed by atoms with Crippen LogP contribution in [0.1, 0.15) is 0 Å². The van der Waals surface area contributed by atoms with Crippen LogP contribution >= 0.6 is 11.8 Å². The summed E-state index contributed by atoms with van der Waals surface area (Å²) >= 11 is 1.52. The molecule has 0 aliphatic rings. The number of benzene rings is 2. The fourth-order valence-electron chi connectivity index (χ4n) is 1.34. The molecule has 0 bridgehead atoms. The molecule has 17 heavy (non-hydrogen) atoms. The van der Waals surface area contributed by atoms with E-state index < -0.39 is 0 Å². The van der Waals surface area contributed by atoms with Gasteiger partial charge in [-0.3, -0.25) is 0 Å². The Morgan fingerprint density at radius 2 is 1.18 bits per heavy atom. The van der Waals surface area contributed by atoms with Crippen molar-refractivity contribution in [3.8, 4) is 11.5 Å². The monoisotopic (exact) mass is 246 g/mol. The van der Waals surface area contributed by atoms with E-state index >= 15 is 0 Å². The average Bonchev–Trinajstić information content (AvgIpc) is 2.40. The number of rotatable bonds is 5. The van der Waals surface area contributed by atoms with E-state index in [1.54, 1.807) is 0 Å². The minimum absolute atomic E-state index is 0.334. The number of thioether (sulfide) groups is 1. The van der Waals surface area contributed by atoms with Crippen molar-refractivity contribution >= 4 is 11.8 Å². The van der Waals surface area contributed by atoms with Crippen molar-refractivity contribution in [1.29, 1.82) is 0 Å². The lowest BCUT2D eigenvalue weighted by Gasteiger charge is -2.18. The van der Waals surface area contributed by atoms with Crippen molar-refractivity contribution in [2.24, 2.45) is 0 Å². The van der Waals surface area contributed by atoms with Crippen LogP contribution in [0.25, 0.3) is 0 Å². The summed E-state index contributed by atoms with van der Waals surface area (Å²) < 4.78 is 11.4. The molecule has 0 fully saturated rings. The van der Waals surface area contributed by atoms with Crippen molar-refractivity contribution in [1.82, 2.24) is 0 Å². The Kier molecular flexibility index (Phi) is 4.33. The molecule has 0 atom stereocenters. The first-order chi connectivity index (χ1) is 8.38. The van der Waals surface area contributed by atoms with Crippen LogP contribution in [-0.4, -0.2) is 11.9 Å². The topological polar surface area (TPSA) is 18.5 Å². The van der Waals surface area contributed by atoms with E-state index in [9.17, 15) is 0 Å². The van der Waals surface area contributed by atoms with Crippen molar-refractivity contribution < 1.29 is 9.47 Å². The van der Waals surface area contributed by atoms with Crippen LogP contribution in [-0.2, 0) is 0 Å². The molecule has 2 nitrogen and oxygen atoms in total. The zero-order valence-corrected chi connectivity index (χ0v) is 10.4. The van der Waals surface area contributed by atoms with Gasteiger partial charge in [-0.25, -0.2) is 0 Å². The van der Waals surface area contributed by atoms with Crippen molar-refractivity contribution in [3.63, 3.8) is 0 Å². The van der Waals surface area contributed by atoms with E-state index in [0.29, 0.717) is 0 Å². The first-order valence-corrected chi connectivity index (χ1v) is 6.63. The van der Waals surface area contributed by atoms with Crippen LogP contribution in [0, 0.1) is 0 Å². The predicted molar refractivity (Wildman–Crippen MR) is 71.4 cm³/mol. The maximum atomic E-state index is 5.71.